The zero-order valence-electron chi connectivity index (χ0n) is 26.1. The SMILES string of the molecule is C=C/C(=C\N=c1cc(-c2cccc(C3=CC(c4ccc(CNC)c(CC)n4)CC=C3)c2Cl)ccn1C)CNCC1(O)CCC1. The van der Waals surface area contributed by atoms with Gasteiger partial charge < -0.3 is 20.3 Å². The van der Waals surface area contributed by atoms with Crippen molar-refractivity contribution in [2.24, 2.45) is 12.0 Å². The highest BCUT2D eigenvalue weighted by Crippen LogP contribution is 2.38. The average molecular weight is 610 g/mol. The van der Waals surface area contributed by atoms with Crippen LogP contribution in [0.25, 0.3) is 16.7 Å². The summed E-state index contributed by atoms with van der Waals surface area (Å²) in [6, 6.07) is 14.7. The molecule has 0 saturated heterocycles. The van der Waals surface area contributed by atoms with E-state index in [2.05, 4.69) is 84.8 Å². The molecular weight excluding hydrogens is 566 g/mol. The Morgan fingerprint density at radius 1 is 1.23 bits per heavy atom. The van der Waals surface area contributed by atoms with Crippen molar-refractivity contribution in [3.05, 3.63) is 124 Å². The lowest BCUT2D eigenvalue weighted by Gasteiger charge is -2.36. The summed E-state index contributed by atoms with van der Waals surface area (Å²) in [4.78, 5) is 9.83. The highest BCUT2D eigenvalue weighted by molar-refractivity contribution is 6.35. The Morgan fingerprint density at radius 3 is 2.77 bits per heavy atom. The van der Waals surface area contributed by atoms with Crippen molar-refractivity contribution in [3.8, 4) is 11.1 Å². The third kappa shape index (κ3) is 7.39. The molecule has 1 aromatic carbocycles. The van der Waals surface area contributed by atoms with Crippen LogP contribution in [0.15, 0.2) is 96.3 Å². The van der Waals surface area contributed by atoms with Crippen LogP contribution in [0.3, 0.4) is 0 Å². The molecule has 1 unspecified atom stereocenters. The minimum Gasteiger partial charge on any atom is -0.389 e. The quantitative estimate of drug-likeness (QED) is 0.202. The molecule has 44 heavy (non-hydrogen) atoms. The molecule has 2 heterocycles. The van der Waals surface area contributed by atoms with Gasteiger partial charge in [0.25, 0.3) is 0 Å². The van der Waals surface area contributed by atoms with Gasteiger partial charge in [-0.3, -0.25) is 4.98 Å². The van der Waals surface area contributed by atoms with Gasteiger partial charge in [-0.05, 0) is 79.6 Å². The molecule has 2 aliphatic rings. The lowest BCUT2D eigenvalue weighted by atomic mass is 9.80. The summed E-state index contributed by atoms with van der Waals surface area (Å²) in [6.07, 6.45) is 17.0. The summed E-state index contributed by atoms with van der Waals surface area (Å²) in [5.74, 6) is 0.196. The average Bonchev–Trinajstić information content (AvgIpc) is 3.03. The number of aromatic nitrogens is 2. The fourth-order valence-corrected chi connectivity index (χ4v) is 6.17. The number of hydrogen-bond donors (Lipinski definition) is 3. The summed E-state index contributed by atoms with van der Waals surface area (Å²) in [6.45, 7) is 8.12. The summed E-state index contributed by atoms with van der Waals surface area (Å²) in [5.41, 5.74) is 8.78. The molecule has 0 amide bonds. The molecule has 6 nitrogen and oxygen atoms in total. The number of halogens is 1. The van der Waals surface area contributed by atoms with Crippen LogP contribution in [-0.2, 0) is 20.0 Å². The minimum absolute atomic E-state index is 0.196. The standard InChI is InChI=1S/C37H44ClN5O/c1-5-26(22-40-25-37(44)17-9-18-37)23-41-35-21-28(16-19-43(35)4)32-13-8-12-31(36(32)38)27-10-7-11-29(20-27)34-15-14-30(24-39-3)33(6-2)42-34/h5,7-8,10,12-16,19-21,23,29,39-40,44H,1,6,9,11,17-18,22,24-25H2,2-4H3/b26-23+,41-35?. The Labute approximate surface area is 266 Å². The molecule has 1 fully saturated rings. The topological polar surface area (TPSA) is 74.5 Å². The molecule has 0 radical (unpaired) electrons. The first kappa shape index (κ1) is 31.9. The maximum absolute atomic E-state index is 10.4. The Bertz CT molecular complexity index is 1660. The lowest BCUT2D eigenvalue weighted by Crippen LogP contribution is -2.46. The molecule has 2 aliphatic carbocycles. The summed E-state index contributed by atoms with van der Waals surface area (Å²) >= 11 is 7.14. The van der Waals surface area contributed by atoms with E-state index in [4.69, 9.17) is 21.6 Å². The molecule has 5 rings (SSSR count). The maximum atomic E-state index is 10.4. The van der Waals surface area contributed by atoms with Crippen molar-refractivity contribution < 1.29 is 5.11 Å². The number of rotatable bonds is 12. The summed E-state index contributed by atoms with van der Waals surface area (Å²) in [7, 11) is 3.95. The van der Waals surface area contributed by atoms with Crippen molar-refractivity contribution in [1.29, 1.82) is 0 Å². The first-order chi connectivity index (χ1) is 21.3. The minimum atomic E-state index is -0.560. The van der Waals surface area contributed by atoms with Crippen LogP contribution in [0.1, 0.15) is 61.0 Å². The number of hydrogen-bond acceptors (Lipinski definition) is 5. The maximum Gasteiger partial charge on any atom is 0.132 e. The number of benzene rings is 1. The molecule has 0 aliphatic heterocycles. The van der Waals surface area contributed by atoms with E-state index < -0.39 is 5.60 Å². The first-order valence-corrected chi connectivity index (χ1v) is 16.0. The van der Waals surface area contributed by atoms with Gasteiger partial charge in [0.2, 0.25) is 0 Å². The normalized spacial score (nSPS) is 18.2. The summed E-state index contributed by atoms with van der Waals surface area (Å²) < 4.78 is 1.99. The monoisotopic (exact) mass is 609 g/mol. The smallest absolute Gasteiger partial charge is 0.132 e. The van der Waals surface area contributed by atoms with Crippen LogP contribution in [0, 0.1) is 0 Å². The van der Waals surface area contributed by atoms with Gasteiger partial charge in [-0.25, -0.2) is 4.99 Å². The van der Waals surface area contributed by atoms with Crippen molar-refractivity contribution >= 4 is 17.2 Å². The molecule has 3 N–H and O–H groups in total. The van der Waals surface area contributed by atoms with Gasteiger partial charge in [0.05, 0.1) is 10.6 Å². The second-order valence-electron chi connectivity index (χ2n) is 11.9. The van der Waals surface area contributed by atoms with Gasteiger partial charge in [0.1, 0.15) is 5.49 Å². The molecule has 230 valence electrons. The lowest BCUT2D eigenvalue weighted by molar-refractivity contribution is -0.0306. The zero-order valence-corrected chi connectivity index (χ0v) is 26.9. The molecule has 2 aromatic heterocycles. The highest BCUT2D eigenvalue weighted by atomic mass is 35.5. The van der Waals surface area contributed by atoms with E-state index in [1.54, 1.807) is 6.08 Å². The van der Waals surface area contributed by atoms with Crippen molar-refractivity contribution in [2.45, 2.75) is 57.1 Å². The number of aliphatic hydroxyl groups is 1. The molecule has 1 atom stereocenters. The number of allylic oxidation sites excluding steroid dienone is 4. The van der Waals surface area contributed by atoms with Gasteiger partial charge >= 0.3 is 0 Å². The van der Waals surface area contributed by atoms with Crippen molar-refractivity contribution in [2.75, 3.05) is 20.1 Å². The number of nitrogens with one attached hydrogen (secondary N) is 2. The van der Waals surface area contributed by atoms with Gasteiger partial charge in [0.15, 0.2) is 0 Å². The van der Waals surface area contributed by atoms with Crippen LogP contribution in [-0.4, -0.2) is 40.4 Å². The molecule has 0 bridgehead atoms. The van der Waals surface area contributed by atoms with Crippen molar-refractivity contribution in [1.82, 2.24) is 20.2 Å². The Morgan fingerprint density at radius 2 is 2.05 bits per heavy atom. The van der Waals surface area contributed by atoms with E-state index in [1.165, 1.54) is 5.56 Å². The predicted molar refractivity (Wildman–Crippen MR) is 182 cm³/mol. The van der Waals surface area contributed by atoms with E-state index in [0.717, 1.165) is 88.4 Å². The second-order valence-corrected chi connectivity index (χ2v) is 12.2. The van der Waals surface area contributed by atoms with Gasteiger partial charge in [0, 0.05) is 67.5 Å². The first-order valence-electron chi connectivity index (χ1n) is 15.6. The van der Waals surface area contributed by atoms with E-state index in [-0.39, 0.29) is 5.92 Å². The second kappa shape index (κ2) is 14.5. The fraction of sp³-hybridized carbons (Fsp3) is 0.351. The number of pyridine rings is 2. The van der Waals surface area contributed by atoms with E-state index in [1.807, 2.05) is 31.1 Å². The Kier molecular flexibility index (Phi) is 10.5. The Hall–Kier alpha value is -3.55. The Balaban J connectivity index is 1.40. The number of aryl methyl sites for hydroxylation is 2. The van der Waals surface area contributed by atoms with Crippen LogP contribution in [0.2, 0.25) is 5.02 Å². The van der Waals surface area contributed by atoms with Crippen LogP contribution >= 0.6 is 11.6 Å². The third-order valence-electron chi connectivity index (χ3n) is 8.68. The van der Waals surface area contributed by atoms with Crippen LogP contribution < -0.4 is 16.1 Å². The molecule has 1 saturated carbocycles. The summed E-state index contributed by atoms with van der Waals surface area (Å²) in [5, 5.41) is 17.7. The van der Waals surface area contributed by atoms with E-state index >= 15 is 0 Å². The van der Waals surface area contributed by atoms with E-state index in [0.29, 0.717) is 13.1 Å². The number of nitrogens with zero attached hydrogens (tertiary/aromatic N) is 3. The van der Waals surface area contributed by atoms with Crippen LogP contribution in [0.4, 0.5) is 0 Å². The highest BCUT2D eigenvalue weighted by Gasteiger charge is 2.33. The largest absolute Gasteiger partial charge is 0.389 e. The van der Waals surface area contributed by atoms with Gasteiger partial charge in [-0.2, -0.15) is 0 Å². The predicted octanol–water partition coefficient (Wildman–Crippen LogP) is 6.62. The molecule has 0 spiro atoms. The van der Waals surface area contributed by atoms with Gasteiger partial charge in [-0.15, -0.1) is 0 Å². The third-order valence-corrected chi connectivity index (χ3v) is 9.08. The van der Waals surface area contributed by atoms with Crippen molar-refractivity contribution in [3.63, 3.8) is 0 Å². The fourth-order valence-electron chi connectivity index (χ4n) is 5.83. The van der Waals surface area contributed by atoms with E-state index in [9.17, 15) is 5.11 Å². The van der Waals surface area contributed by atoms with Crippen LogP contribution in [0.5, 0.6) is 0 Å². The zero-order chi connectivity index (χ0) is 31.1. The van der Waals surface area contributed by atoms with Gasteiger partial charge in [-0.1, -0.05) is 73.7 Å². The molecular formula is C37H44ClN5O. The molecule has 3 aromatic rings. The molecule has 7 heteroatoms.